The minimum atomic E-state index is -1.21. The second kappa shape index (κ2) is 7.53. The third kappa shape index (κ3) is 4.91. The summed E-state index contributed by atoms with van der Waals surface area (Å²) < 4.78 is 4.89. The SMILES string of the molecule is CCCCc1cc(COC(=O)CC(=O)O)cc(C)c1O. The van der Waals surface area contributed by atoms with E-state index in [1.807, 2.05) is 0 Å². The van der Waals surface area contributed by atoms with E-state index in [0.717, 1.165) is 36.0 Å². The predicted octanol–water partition coefficient (Wildman–Crippen LogP) is 2.56. The van der Waals surface area contributed by atoms with Gasteiger partial charge in [0, 0.05) is 0 Å². The lowest BCUT2D eigenvalue weighted by Crippen LogP contribution is -2.10. The summed E-state index contributed by atoms with van der Waals surface area (Å²) in [5.74, 6) is -1.70. The largest absolute Gasteiger partial charge is 0.507 e. The number of hydrogen-bond acceptors (Lipinski definition) is 4. The van der Waals surface area contributed by atoms with Crippen LogP contribution in [0.3, 0.4) is 0 Å². The molecule has 0 aromatic heterocycles. The third-order valence-electron chi connectivity index (χ3n) is 2.93. The lowest BCUT2D eigenvalue weighted by atomic mass is 10.0. The maximum atomic E-state index is 11.2. The van der Waals surface area contributed by atoms with Crippen molar-refractivity contribution in [1.82, 2.24) is 0 Å². The number of unbranched alkanes of at least 4 members (excludes halogenated alkanes) is 1. The first kappa shape index (κ1) is 16.0. The number of carbonyl (C=O) groups is 2. The summed E-state index contributed by atoms with van der Waals surface area (Å²) in [5, 5.41) is 18.4. The van der Waals surface area contributed by atoms with Crippen molar-refractivity contribution < 1.29 is 24.5 Å². The lowest BCUT2D eigenvalue weighted by Gasteiger charge is -2.11. The van der Waals surface area contributed by atoms with Gasteiger partial charge < -0.3 is 14.9 Å². The zero-order valence-electron chi connectivity index (χ0n) is 11.8. The highest BCUT2D eigenvalue weighted by Crippen LogP contribution is 2.26. The van der Waals surface area contributed by atoms with Crippen molar-refractivity contribution in [3.05, 3.63) is 28.8 Å². The quantitative estimate of drug-likeness (QED) is 0.592. The Morgan fingerprint density at radius 1 is 1.30 bits per heavy atom. The Kier molecular flexibility index (Phi) is 6.03. The van der Waals surface area contributed by atoms with Crippen molar-refractivity contribution in [3.63, 3.8) is 0 Å². The van der Waals surface area contributed by atoms with Gasteiger partial charge in [-0.2, -0.15) is 0 Å². The van der Waals surface area contributed by atoms with Crippen molar-refractivity contribution in [2.24, 2.45) is 0 Å². The molecule has 0 amide bonds. The number of hydrogen-bond donors (Lipinski definition) is 2. The van der Waals surface area contributed by atoms with Gasteiger partial charge in [0.05, 0.1) is 0 Å². The molecule has 0 bridgehead atoms. The first-order chi connectivity index (χ1) is 9.43. The summed E-state index contributed by atoms with van der Waals surface area (Å²) in [6.45, 7) is 3.88. The van der Waals surface area contributed by atoms with E-state index in [1.165, 1.54) is 0 Å². The van der Waals surface area contributed by atoms with Crippen molar-refractivity contribution in [1.29, 1.82) is 0 Å². The molecule has 5 heteroatoms. The summed E-state index contributed by atoms with van der Waals surface area (Å²) in [7, 11) is 0. The Labute approximate surface area is 118 Å². The maximum Gasteiger partial charge on any atom is 0.317 e. The summed E-state index contributed by atoms with van der Waals surface area (Å²) in [6.07, 6.45) is 2.12. The molecule has 0 aliphatic rings. The molecule has 2 N–H and O–H groups in total. The molecule has 5 nitrogen and oxygen atoms in total. The van der Waals surface area contributed by atoms with Gasteiger partial charge in [-0.15, -0.1) is 0 Å². The number of carbonyl (C=O) groups excluding carboxylic acids is 1. The molecular weight excluding hydrogens is 260 g/mol. The fourth-order valence-electron chi connectivity index (χ4n) is 1.91. The normalized spacial score (nSPS) is 10.3. The molecule has 0 radical (unpaired) electrons. The van der Waals surface area contributed by atoms with Crippen molar-refractivity contribution in [3.8, 4) is 5.75 Å². The number of phenols is 1. The molecule has 0 unspecified atom stereocenters. The third-order valence-corrected chi connectivity index (χ3v) is 2.93. The van der Waals surface area contributed by atoms with Crippen LogP contribution >= 0.6 is 0 Å². The molecule has 0 aliphatic carbocycles. The summed E-state index contributed by atoms with van der Waals surface area (Å²) in [4.78, 5) is 21.5. The van der Waals surface area contributed by atoms with Crippen molar-refractivity contribution in [2.75, 3.05) is 0 Å². The topological polar surface area (TPSA) is 83.8 Å². The molecule has 1 aromatic carbocycles. The van der Waals surface area contributed by atoms with Crippen LogP contribution in [0, 0.1) is 6.92 Å². The van der Waals surface area contributed by atoms with Gasteiger partial charge in [0.1, 0.15) is 18.8 Å². The Morgan fingerprint density at radius 2 is 2.00 bits per heavy atom. The van der Waals surface area contributed by atoms with Gasteiger partial charge in [0.25, 0.3) is 0 Å². The van der Waals surface area contributed by atoms with Crippen LogP contribution in [0.25, 0.3) is 0 Å². The van der Waals surface area contributed by atoms with Crippen LogP contribution in [-0.2, 0) is 27.4 Å². The molecule has 0 saturated heterocycles. The number of aryl methyl sites for hydroxylation is 2. The first-order valence-corrected chi connectivity index (χ1v) is 6.62. The molecule has 20 heavy (non-hydrogen) atoms. The minimum Gasteiger partial charge on any atom is -0.507 e. The van der Waals surface area contributed by atoms with Gasteiger partial charge in [0.2, 0.25) is 0 Å². The molecule has 1 aromatic rings. The van der Waals surface area contributed by atoms with E-state index < -0.39 is 18.4 Å². The van der Waals surface area contributed by atoms with Gasteiger partial charge in [-0.25, -0.2) is 0 Å². The molecule has 0 fully saturated rings. The van der Waals surface area contributed by atoms with Crippen LogP contribution in [0.4, 0.5) is 0 Å². The maximum absolute atomic E-state index is 11.2. The molecular formula is C15H20O5. The summed E-state index contributed by atoms with van der Waals surface area (Å²) >= 11 is 0. The molecule has 0 heterocycles. The van der Waals surface area contributed by atoms with Crippen LogP contribution < -0.4 is 0 Å². The number of carboxylic acid groups (broad SMARTS) is 1. The number of benzene rings is 1. The van der Waals surface area contributed by atoms with Gasteiger partial charge in [-0.1, -0.05) is 13.3 Å². The van der Waals surface area contributed by atoms with Crippen LogP contribution in [0.2, 0.25) is 0 Å². The Balaban J connectivity index is 2.73. The second-order valence-corrected chi connectivity index (χ2v) is 4.76. The molecule has 0 aliphatic heterocycles. The number of carboxylic acids is 1. The summed E-state index contributed by atoms with van der Waals surface area (Å²) in [6, 6.07) is 3.53. The number of rotatable bonds is 7. The van der Waals surface area contributed by atoms with Crippen LogP contribution in [0.15, 0.2) is 12.1 Å². The number of phenolic OH excluding ortho intramolecular Hbond substituents is 1. The minimum absolute atomic E-state index is 0.0202. The van der Waals surface area contributed by atoms with E-state index in [4.69, 9.17) is 9.84 Å². The van der Waals surface area contributed by atoms with E-state index in [9.17, 15) is 14.7 Å². The second-order valence-electron chi connectivity index (χ2n) is 4.76. The number of aromatic hydroxyl groups is 1. The molecule has 110 valence electrons. The van der Waals surface area contributed by atoms with E-state index in [2.05, 4.69) is 6.92 Å². The van der Waals surface area contributed by atoms with Crippen LogP contribution in [0.5, 0.6) is 5.75 Å². The molecule has 0 spiro atoms. The monoisotopic (exact) mass is 280 g/mol. The van der Waals surface area contributed by atoms with Crippen molar-refractivity contribution in [2.45, 2.75) is 46.1 Å². The fraction of sp³-hybridized carbons (Fsp3) is 0.467. The van der Waals surface area contributed by atoms with E-state index in [0.29, 0.717) is 0 Å². The first-order valence-electron chi connectivity index (χ1n) is 6.62. The Morgan fingerprint density at radius 3 is 2.60 bits per heavy atom. The highest BCUT2D eigenvalue weighted by molar-refractivity contribution is 5.90. The zero-order valence-corrected chi connectivity index (χ0v) is 11.8. The van der Waals surface area contributed by atoms with E-state index >= 15 is 0 Å². The Bertz CT molecular complexity index is 493. The van der Waals surface area contributed by atoms with E-state index in [1.54, 1.807) is 19.1 Å². The number of aliphatic carboxylic acids is 1. The fourth-order valence-corrected chi connectivity index (χ4v) is 1.91. The average molecular weight is 280 g/mol. The standard InChI is InChI=1S/C15H20O5/c1-3-4-5-12-7-11(6-10(2)15(12)19)9-20-14(18)8-13(16)17/h6-7,19H,3-5,8-9H2,1-2H3,(H,16,17). The van der Waals surface area contributed by atoms with E-state index in [-0.39, 0.29) is 12.4 Å². The highest BCUT2D eigenvalue weighted by atomic mass is 16.5. The molecule has 0 atom stereocenters. The van der Waals surface area contributed by atoms with Gasteiger partial charge in [-0.3, -0.25) is 9.59 Å². The molecule has 0 saturated carbocycles. The average Bonchev–Trinajstić information content (AvgIpc) is 2.37. The Hall–Kier alpha value is -2.04. The van der Waals surface area contributed by atoms with Gasteiger partial charge in [0.15, 0.2) is 0 Å². The smallest absolute Gasteiger partial charge is 0.317 e. The van der Waals surface area contributed by atoms with Gasteiger partial charge in [-0.05, 0) is 48.6 Å². The number of esters is 1. The zero-order chi connectivity index (χ0) is 15.1. The molecule has 1 rings (SSSR count). The summed E-state index contributed by atoms with van der Waals surface area (Å²) in [5.41, 5.74) is 2.31. The van der Waals surface area contributed by atoms with Crippen molar-refractivity contribution >= 4 is 11.9 Å². The van der Waals surface area contributed by atoms with Gasteiger partial charge >= 0.3 is 11.9 Å². The lowest BCUT2D eigenvalue weighted by molar-refractivity contribution is -0.152. The number of ether oxygens (including phenoxy) is 1. The predicted molar refractivity (Wildman–Crippen MR) is 73.5 cm³/mol. The van der Waals surface area contributed by atoms with Crippen LogP contribution in [-0.4, -0.2) is 22.2 Å². The highest BCUT2D eigenvalue weighted by Gasteiger charge is 2.11. The van der Waals surface area contributed by atoms with Crippen LogP contribution in [0.1, 0.15) is 42.9 Å².